The molecule has 11 heteroatoms. The van der Waals surface area contributed by atoms with Crippen LogP contribution in [-0.4, -0.2) is 38.9 Å². The average Bonchev–Trinajstić information content (AvgIpc) is 3.61. The van der Waals surface area contributed by atoms with E-state index < -0.39 is 15.6 Å². The number of hydrogen-bond acceptors (Lipinski definition) is 8. The van der Waals surface area contributed by atoms with Gasteiger partial charge in [-0.3, -0.25) is 14.4 Å². The lowest BCUT2D eigenvalue weighted by atomic mass is 9.98. The normalized spacial score (nSPS) is 12.2. The summed E-state index contributed by atoms with van der Waals surface area (Å²) < 4.78 is 29.7. The van der Waals surface area contributed by atoms with Crippen LogP contribution >= 0.6 is 11.3 Å². The van der Waals surface area contributed by atoms with Gasteiger partial charge in [-0.2, -0.15) is 5.10 Å². The Morgan fingerprint density at radius 3 is 2.49 bits per heavy atom. The van der Waals surface area contributed by atoms with E-state index >= 15 is 0 Å². The van der Waals surface area contributed by atoms with Gasteiger partial charge in [0.05, 0.1) is 29.6 Å². The third kappa shape index (κ3) is 5.51. The molecule has 208 valence electrons. The lowest BCUT2D eigenvalue weighted by Gasteiger charge is -2.18. The summed E-state index contributed by atoms with van der Waals surface area (Å²) in [7, 11) is -3.61. The number of fused-ring (bicyclic) bond motifs is 2. The van der Waals surface area contributed by atoms with E-state index in [9.17, 15) is 13.5 Å². The summed E-state index contributed by atoms with van der Waals surface area (Å²) in [6, 6.07) is 18.2. The number of aromatic nitrogens is 4. The van der Waals surface area contributed by atoms with Crippen molar-refractivity contribution in [3.05, 3.63) is 90.2 Å². The molecule has 6 rings (SSSR count). The zero-order valence-electron chi connectivity index (χ0n) is 22.7. The molecule has 0 saturated carbocycles. The molecule has 0 atom stereocenters. The van der Waals surface area contributed by atoms with Crippen LogP contribution < -0.4 is 10.0 Å². The van der Waals surface area contributed by atoms with Crippen molar-refractivity contribution in [1.82, 2.24) is 19.7 Å². The van der Waals surface area contributed by atoms with Crippen LogP contribution in [0.5, 0.6) is 0 Å². The highest BCUT2D eigenvalue weighted by Crippen LogP contribution is 2.34. The first-order valence-corrected chi connectivity index (χ1v) is 15.3. The number of sulfonamides is 1. The Hall–Kier alpha value is -4.32. The molecule has 9 nitrogen and oxygen atoms in total. The van der Waals surface area contributed by atoms with Crippen molar-refractivity contribution in [2.45, 2.75) is 37.1 Å². The SMILES string of the molecule is Cc1c(-c2nccc3cnc(Nc4ccc(NS(=O)(=O)c5cccs5)cc4)cc23)ccc2c1cnn2CC(C)(C)O. The maximum Gasteiger partial charge on any atom is 0.271 e. The number of hydrogen-bond donors (Lipinski definition) is 3. The predicted octanol–water partition coefficient (Wildman–Crippen LogP) is 6.33. The summed E-state index contributed by atoms with van der Waals surface area (Å²) in [5.41, 5.74) is 4.19. The molecule has 41 heavy (non-hydrogen) atoms. The second-order valence-electron chi connectivity index (χ2n) is 10.5. The highest BCUT2D eigenvalue weighted by Gasteiger charge is 2.19. The zero-order chi connectivity index (χ0) is 28.8. The maximum absolute atomic E-state index is 12.5. The van der Waals surface area contributed by atoms with Crippen LogP contribution in [0.2, 0.25) is 0 Å². The highest BCUT2D eigenvalue weighted by molar-refractivity contribution is 7.94. The van der Waals surface area contributed by atoms with Crippen LogP contribution in [-0.2, 0) is 16.6 Å². The van der Waals surface area contributed by atoms with Crippen LogP contribution in [0.4, 0.5) is 17.2 Å². The first-order valence-electron chi connectivity index (χ1n) is 12.9. The first kappa shape index (κ1) is 26.9. The Balaban J connectivity index is 1.29. The quantitative estimate of drug-likeness (QED) is 0.191. The Kier molecular flexibility index (Phi) is 6.72. The van der Waals surface area contributed by atoms with Gasteiger partial charge in [-0.25, -0.2) is 13.4 Å². The summed E-state index contributed by atoms with van der Waals surface area (Å²) in [5.74, 6) is 0.635. The monoisotopic (exact) mass is 584 g/mol. The summed E-state index contributed by atoms with van der Waals surface area (Å²) in [6.45, 7) is 5.99. The fraction of sp³-hybridized carbons (Fsp3) is 0.167. The van der Waals surface area contributed by atoms with Crippen molar-refractivity contribution >= 4 is 60.2 Å². The molecule has 0 saturated heterocycles. The van der Waals surface area contributed by atoms with Crippen molar-refractivity contribution in [1.29, 1.82) is 0 Å². The molecule has 0 bridgehead atoms. The van der Waals surface area contributed by atoms with E-state index in [1.165, 1.54) is 11.3 Å². The van der Waals surface area contributed by atoms with Gasteiger partial charge in [-0.15, -0.1) is 11.3 Å². The summed E-state index contributed by atoms with van der Waals surface area (Å²) in [4.78, 5) is 9.32. The molecule has 2 aromatic carbocycles. The van der Waals surface area contributed by atoms with Crippen molar-refractivity contribution in [2.75, 3.05) is 10.0 Å². The molecule has 0 unspecified atom stereocenters. The minimum Gasteiger partial charge on any atom is -0.389 e. The van der Waals surface area contributed by atoms with Crippen LogP contribution in [0.1, 0.15) is 19.4 Å². The fourth-order valence-electron chi connectivity index (χ4n) is 4.78. The molecule has 4 heterocycles. The van der Waals surface area contributed by atoms with Crippen molar-refractivity contribution in [2.24, 2.45) is 0 Å². The molecule has 6 aromatic rings. The molecule has 3 N–H and O–H groups in total. The highest BCUT2D eigenvalue weighted by atomic mass is 32.2. The molecule has 0 aliphatic carbocycles. The standard InChI is InChI=1S/C30H28N6O3S2/c1-19-23(10-11-26-25(19)17-33-36(26)18-30(2,3)37)29-24-15-27(32-16-20(24)12-13-31-29)34-21-6-8-22(9-7-21)35-41(38,39)28-5-4-14-40-28/h4-17,35,37H,18H2,1-3H3,(H,32,34). The van der Waals surface area contributed by atoms with Crippen LogP contribution in [0.15, 0.2) is 88.8 Å². The van der Waals surface area contributed by atoms with E-state index in [-0.39, 0.29) is 4.21 Å². The minimum atomic E-state index is -3.61. The molecule has 4 aromatic heterocycles. The molecule has 0 fully saturated rings. The minimum absolute atomic E-state index is 0.266. The molecule has 0 radical (unpaired) electrons. The van der Waals surface area contributed by atoms with Gasteiger partial charge in [0.25, 0.3) is 10.0 Å². The van der Waals surface area contributed by atoms with Gasteiger partial charge in [0.15, 0.2) is 0 Å². The molecule has 0 aliphatic rings. The number of rotatable bonds is 8. The van der Waals surface area contributed by atoms with Gasteiger partial charge in [0, 0.05) is 45.5 Å². The van der Waals surface area contributed by atoms with Gasteiger partial charge < -0.3 is 10.4 Å². The van der Waals surface area contributed by atoms with Crippen LogP contribution in [0, 0.1) is 6.92 Å². The van der Waals surface area contributed by atoms with Gasteiger partial charge in [0.1, 0.15) is 10.0 Å². The van der Waals surface area contributed by atoms with E-state index in [0.29, 0.717) is 18.1 Å². The Labute approximate surface area is 241 Å². The summed E-state index contributed by atoms with van der Waals surface area (Å²) in [5, 5.41) is 22.7. The van der Waals surface area contributed by atoms with E-state index in [0.717, 1.165) is 44.2 Å². The first-order chi connectivity index (χ1) is 19.6. The number of aryl methyl sites for hydroxylation is 1. The van der Waals surface area contributed by atoms with Gasteiger partial charge in [-0.05, 0) is 80.2 Å². The topological polar surface area (TPSA) is 122 Å². The molecule has 0 aliphatic heterocycles. The molecular formula is C30H28N6O3S2. The smallest absolute Gasteiger partial charge is 0.271 e. The summed E-state index contributed by atoms with van der Waals surface area (Å²) in [6.07, 6.45) is 5.43. The van der Waals surface area contributed by atoms with E-state index in [2.05, 4.69) is 27.0 Å². The Morgan fingerprint density at radius 1 is 0.976 bits per heavy atom. The largest absolute Gasteiger partial charge is 0.389 e. The molecule has 0 amide bonds. The van der Waals surface area contributed by atoms with Gasteiger partial charge >= 0.3 is 0 Å². The molecule has 0 spiro atoms. The third-order valence-corrected chi connectivity index (χ3v) is 9.48. The van der Waals surface area contributed by atoms with E-state index in [4.69, 9.17) is 4.98 Å². The van der Waals surface area contributed by atoms with E-state index in [1.807, 2.05) is 41.3 Å². The molecular weight excluding hydrogens is 557 g/mol. The van der Waals surface area contributed by atoms with Crippen LogP contribution in [0.25, 0.3) is 32.9 Å². The third-order valence-electron chi connectivity index (χ3n) is 6.71. The van der Waals surface area contributed by atoms with Crippen molar-refractivity contribution < 1.29 is 13.5 Å². The second-order valence-corrected chi connectivity index (χ2v) is 13.3. The summed E-state index contributed by atoms with van der Waals surface area (Å²) >= 11 is 1.17. The number of thiophene rings is 1. The lowest BCUT2D eigenvalue weighted by Crippen LogP contribution is -2.26. The Bertz CT molecular complexity index is 1980. The number of nitrogens with one attached hydrogen (secondary N) is 2. The number of pyridine rings is 2. The van der Waals surface area contributed by atoms with Gasteiger partial charge in [-0.1, -0.05) is 12.1 Å². The van der Waals surface area contributed by atoms with Crippen molar-refractivity contribution in [3.8, 4) is 11.3 Å². The average molecular weight is 585 g/mol. The number of aliphatic hydroxyl groups is 1. The van der Waals surface area contributed by atoms with E-state index in [1.54, 1.807) is 61.8 Å². The number of anilines is 3. The second kappa shape index (κ2) is 10.3. The maximum atomic E-state index is 12.5. The Morgan fingerprint density at radius 2 is 1.76 bits per heavy atom. The van der Waals surface area contributed by atoms with Crippen molar-refractivity contribution in [3.63, 3.8) is 0 Å². The predicted molar refractivity (Wildman–Crippen MR) is 164 cm³/mol. The van der Waals surface area contributed by atoms with Gasteiger partial charge in [0.2, 0.25) is 0 Å². The number of benzene rings is 2. The lowest BCUT2D eigenvalue weighted by molar-refractivity contribution is 0.0591. The number of nitrogens with zero attached hydrogens (tertiary/aromatic N) is 4. The zero-order valence-corrected chi connectivity index (χ0v) is 24.3. The van der Waals surface area contributed by atoms with Crippen LogP contribution in [0.3, 0.4) is 0 Å². The fourth-order valence-corrected chi connectivity index (χ4v) is 6.83.